The molecule has 1 heterocycles. The third-order valence-corrected chi connectivity index (χ3v) is 4.14. The molecule has 1 aromatic heterocycles. The molecule has 6 nitrogen and oxygen atoms in total. The maximum Gasteiger partial charge on any atom is 0.255 e. The summed E-state index contributed by atoms with van der Waals surface area (Å²) >= 11 is 0. The highest BCUT2D eigenvalue weighted by atomic mass is 16.5. The maximum absolute atomic E-state index is 10.8. The molecule has 1 aliphatic rings. The third kappa shape index (κ3) is 3.01. The Kier molecular flexibility index (Phi) is 4.34. The number of fused-ring (bicyclic) bond motifs is 1. The van der Waals surface area contributed by atoms with Gasteiger partial charge in [-0.3, -0.25) is 4.79 Å². The zero-order valence-electron chi connectivity index (χ0n) is 13.2. The van der Waals surface area contributed by atoms with Gasteiger partial charge in [0.25, 0.3) is 5.91 Å². The molecule has 3 rings (SSSR count). The maximum atomic E-state index is 10.8. The van der Waals surface area contributed by atoms with E-state index in [1.807, 2.05) is 12.1 Å². The molecule has 1 aromatic carbocycles. The molecule has 0 bridgehead atoms. The Hall–Kier alpha value is -3.07. The second kappa shape index (κ2) is 6.59. The van der Waals surface area contributed by atoms with E-state index in [1.165, 1.54) is 0 Å². The first-order chi connectivity index (χ1) is 11.6. The molecule has 6 heteroatoms. The van der Waals surface area contributed by atoms with Crippen molar-refractivity contribution in [3.63, 3.8) is 0 Å². The summed E-state index contributed by atoms with van der Waals surface area (Å²) in [5.41, 5.74) is 15.3. The number of carbonyl (C=O) groups excluding carboxylic acids is 1. The van der Waals surface area contributed by atoms with E-state index in [4.69, 9.17) is 16.2 Å². The van der Waals surface area contributed by atoms with Crippen LogP contribution < -0.4 is 16.2 Å². The summed E-state index contributed by atoms with van der Waals surface area (Å²) in [4.78, 5) is 15.2. The molecule has 0 atom stereocenters. The summed E-state index contributed by atoms with van der Waals surface area (Å²) < 4.78 is 5.27. The number of carbonyl (C=O) groups is 1. The van der Waals surface area contributed by atoms with Crippen LogP contribution >= 0.6 is 0 Å². The fraction of sp³-hybridized carbons (Fsp3) is 0.278. The highest BCUT2D eigenvalue weighted by Crippen LogP contribution is 2.36. The van der Waals surface area contributed by atoms with E-state index >= 15 is 0 Å². The largest absolute Gasteiger partial charge is 0.484 e. The molecule has 1 aliphatic carbocycles. The van der Waals surface area contributed by atoms with Gasteiger partial charge in [0, 0.05) is 11.3 Å². The predicted octanol–water partition coefficient (Wildman–Crippen LogP) is 1.95. The van der Waals surface area contributed by atoms with Gasteiger partial charge >= 0.3 is 0 Å². The molecule has 2 aromatic rings. The number of nitrogen functional groups attached to an aromatic ring is 1. The number of aryl methyl sites for hydroxylation is 1. The van der Waals surface area contributed by atoms with Crippen molar-refractivity contribution in [1.29, 1.82) is 5.26 Å². The lowest BCUT2D eigenvalue weighted by molar-refractivity contribution is -0.119. The van der Waals surface area contributed by atoms with Gasteiger partial charge in [0.05, 0.1) is 0 Å². The summed E-state index contributed by atoms with van der Waals surface area (Å²) in [6.07, 6.45) is 3.95. The van der Waals surface area contributed by atoms with Crippen LogP contribution in [0.1, 0.15) is 29.7 Å². The third-order valence-electron chi connectivity index (χ3n) is 4.14. The van der Waals surface area contributed by atoms with E-state index in [2.05, 4.69) is 11.1 Å². The van der Waals surface area contributed by atoms with Crippen molar-refractivity contribution in [3.8, 4) is 22.9 Å². The van der Waals surface area contributed by atoms with Crippen LogP contribution in [0.3, 0.4) is 0 Å². The molecular weight excluding hydrogens is 304 g/mol. The summed E-state index contributed by atoms with van der Waals surface area (Å²) in [5.74, 6) is 0.302. The number of benzene rings is 1. The van der Waals surface area contributed by atoms with Crippen LogP contribution in [-0.4, -0.2) is 17.5 Å². The van der Waals surface area contributed by atoms with Gasteiger partial charge in [-0.1, -0.05) is 12.1 Å². The van der Waals surface area contributed by atoms with Crippen LogP contribution in [0.2, 0.25) is 0 Å². The van der Waals surface area contributed by atoms with Gasteiger partial charge in [-0.25, -0.2) is 4.98 Å². The Balaban J connectivity index is 2.04. The lowest BCUT2D eigenvalue weighted by atomic mass is 9.86. The van der Waals surface area contributed by atoms with Crippen molar-refractivity contribution < 1.29 is 9.53 Å². The SMILES string of the molecule is N#Cc1c(N)nc2c(c1-c1ccc(OCC(N)=O)cc1)CCCC2. The molecule has 0 radical (unpaired) electrons. The number of aromatic nitrogens is 1. The van der Waals surface area contributed by atoms with Crippen LogP contribution in [0.5, 0.6) is 5.75 Å². The number of nitrogens with zero attached hydrogens (tertiary/aromatic N) is 2. The van der Waals surface area contributed by atoms with Gasteiger partial charge in [0.1, 0.15) is 23.2 Å². The first-order valence-electron chi connectivity index (χ1n) is 7.83. The van der Waals surface area contributed by atoms with Crippen LogP contribution in [0.15, 0.2) is 24.3 Å². The van der Waals surface area contributed by atoms with E-state index in [0.717, 1.165) is 48.1 Å². The standard InChI is InChI=1S/C18H18N4O2/c19-9-14-17(13-3-1-2-4-15(13)22-18(14)21)11-5-7-12(8-6-11)24-10-16(20)23/h5-8H,1-4,10H2,(H2,20,23)(H2,21,22). The number of ether oxygens (including phenoxy) is 1. The Morgan fingerprint density at radius 1 is 1.25 bits per heavy atom. The van der Waals surface area contributed by atoms with Crippen molar-refractivity contribution in [3.05, 3.63) is 41.1 Å². The van der Waals surface area contributed by atoms with E-state index < -0.39 is 5.91 Å². The van der Waals surface area contributed by atoms with Crippen molar-refractivity contribution in [2.45, 2.75) is 25.7 Å². The molecule has 0 saturated carbocycles. The highest BCUT2D eigenvalue weighted by molar-refractivity contribution is 5.79. The quantitative estimate of drug-likeness (QED) is 0.892. The van der Waals surface area contributed by atoms with Gasteiger partial charge in [-0.05, 0) is 48.9 Å². The fourth-order valence-corrected chi connectivity index (χ4v) is 3.07. The Morgan fingerprint density at radius 3 is 2.62 bits per heavy atom. The van der Waals surface area contributed by atoms with E-state index in [-0.39, 0.29) is 12.4 Å². The van der Waals surface area contributed by atoms with Gasteiger partial charge < -0.3 is 16.2 Å². The summed E-state index contributed by atoms with van der Waals surface area (Å²) in [6, 6.07) is 9.42. The molecule has 0 aliphatic heterocycles. The van der Waals surface area contributed by atoms with Crippen molar-refractivity contribution in [2.24, 2.45) is 5.73 Å². The van der Waals surface area contributed by atoms with Crippen LogP contribution in [-0.2, 0) is 17.6 Å². The Labute approximate surface area is 140 Å². The number of nitriles is 1. The first-order valence-corrected chi connectivity index (χ1v) is 7.83. The van der Waals surface area contributed by atoms with Gasteiger partial charge in [0.2, 0.25) is 0 Å². The monoisotopic (exact) mass is 322 g/mol. The number of hydrogen-bond donors (Lipinski definition) is 2. The predicted molar refractivity (Wildman–Crippen MR) is 90.1 cm³/mol. The molecule has 0 spiro atoms. The minimum absolute atomic E-state index is 0.166. The summed E-state index contributed by atoms with van der Waals surface area (Å²) in [5, 5.41) is 9.52. The minimum atomic E-state index is -0.526. The zero-order valence-corrected chi connectivity index (χ0v) is 13.2. The fourth-order valence-electron chi connectivity index (χ4n) is 3.07. The zero-order chi connectivity index (χ0) is 17.1. The number of amides is 1. The number of primary amides is 1. The van der Waals surface area contributed by atoms with Crippen LogP contribution in [0, 0.1) is 11.3 Å². The van der Waals surface area contributed by atoms with Gasteiger partial charge in [-0.2, -0.15) is 5.26 Å². The molecule has 4 N–H and O–H groups in total. The second-order valence-electron chi connectivity index (χ2n) is 5.77. The van der Waals surface area contributed by atoms with Crippen LogP contribution in [0.25, 0.3) is 11.1 Å². The van der Waals surface area contributed by atoms with E-state index in [9.17, 15) is 10.1 Å². The molecule has 122 valence electrons. The van der Waals surface area contributed by atoms with E-state index in [0.29, 0.717) is 11.3 Å². The molecule has 24 heavy (non-hydrogen) atoms. The molecule has 1 amide bonds. The number of rotatable bonds is 4. The molecule has 0 fully saturated rings. The highest BCUT2D eigenvalue weighted by Gasteiger charge is 2.21. The average Bonchev–Trinajstić information content (AvgIpc) is 2.59. The Bertz CT molecular complexity index is 822. The van der Waals surface area contributed by atoms with Crippen LogP contribution in [0.4, 0.5) is 5.82 Å². The normalized spacial score (nSPS) is 13.0. The summed E-state index contributed by atoms with van der Waals surface area (Å²) in [7, 11) is 0. The molecular formula is C18H18N4O2. The number of anilines is 1. The molecule has 0 saturated heterocycles. The topological polar surface area (TPSA) is 115 Å². The van der Waals surface area contributed by atoms with Crippen molar-refractivity contribution in [1.82, 2.24) is 4.98 Å². The van der Waals surface area contributed by atoms with E-state index in [1.54, 1.807) is 12.1 Å². The minimum Gasteiger partial charge on any atom is -0.484 e. The number of pyridine rings is 1. The lowest BCUT2D eigenvalue weighted by Crippen LogP contribution is -2.19. The smallest absolute Gasteiger partial charge is 0.255 e. The second-order valence-corrected chi connectivity index (χ2v) is 5.77. The first kappa shape index (κ1) is 15.8. The lowest BCUT2D eigenvalue weighted by Gasteiger charge is -2.21. The average molecular weight is 322 g/mol. The molecule has 0 unspecified atom stereocenters. The van der Waals surface area contributed by atoms with Gasteiger partial charge in [0.15, 0.2) is 6.61 Å². The number of hydrogen-bond acceptors (Lipinski definition) is 5. The van der Waals surface area contributed by atoms with Gasteiger partial charge in [-0.15, -0.1) is 0 Å². The van der Waals surface area contributed by atoms with Crippen molar-refractivity contribution in [2.75, 3.05) is 12.3 Å². The van der Waals surface area contributed by atoms with Crippen molar-refractivity contribution >= 4 is 11.7 Å². The number of nitrogens with two attached hydrogens (primary N) is 2. The summed E-state index contributed by atoms with van der Waals surface area (Å²) in [6.45, 7) is -0.166. The Morgan fingerprint density at radius 2 is 1.96 bits per heavy atom.